The van der Waals surface area contributed by atoms with E-state index in [1.54, 1.807) is 14.0 Å². The van der Waals surface area contributed by atoms with Crippen LogP contribution in [0.5, 0.6) is 0 Å². The van der Waals surface area contributed by atoms with Crippen LogP contribution in [0.25, 0.3) is 0 Å². The highest BCUT2D eigenvalue weighted by Crippen LogP contribution is 1.98. The fraction of sp³-hybridized carbons (Fsp3) is 0.929. The summed E-state index contributed by atoms with van der Waals surface area (Å²) in [4.78, 5) is 4.45. The predicted molar refractivity (Wildman–Crippen MR) is 91.8 cm³/mol. The molecule has 8 heteroatoms. The Hall–Kier alpha value is -0.860. The fourth-order valence-corrected chi connectivity index (χ4v) is 2.56. The summed E-state index contributed by atoms with van der Waals surface area (Å²) in [6.45, 7) is 9.79. The third kappa shape index (κ3) is 9.97. The van der Waals surface area contributed by atoms with Crippen molar-refractivity contribution in [1.82, 2.24) is 14.9 Å². The lowest BCUT2D eigenvalue weighted by atomic mass is 10.4. The molecule has 0 saturated carbocycles. The third-order valence-electron chi connectivity index (χ3n) is 3.05. The van der Waals surface area contributed by atoms with Crippen molar-refractivity contribution >= 4 is 16.0 Å². The molecule has 0 aromatic rings. The van der Waals surface area contributed by atoms with E-state index in [9.17, 15) is 8.42 Å². The molecule has 0 atom stereocenters. The van der Waals surface area contributed by atoms with E-state index in [-0.39, 0.29) is 5.75 Å². The lowest BCUT2D eigenvalue weighted by Crippen LogP contribution is -2.39. The molecule has 0 spiro atoms. The van der Waals surface area contributed by atoms with Crippen molar-refractivity contribution in [3.8, 4) is 0 Å². The van der Waals surface area contributed by atoms with Crippen LogP contribution in [0.2, 0.25) is 0 Å². The van der Waals surface area contributed by atoms with Crippen molar-refractivity contribution in [3.63, 3.8) is 0 Å². The monoisotopic (exact) mass is 336 g/mol. The van der Waals surface area contributed by atoms with Crippen molar-refractivity contribution in [2.24, 2.45) is 4.99 Å². The lowest BCUT2D eigenvalue weighted by molar-refractivity contribution is 0.146. The van der Waals surface area contributed by atoms with Crippen molar-refractivity contribution < 1.29 is 13.2 Å². The normalized spacial score (nSPS) is 12.7. The summed E-state index contributed by atoms with van der Waals surface area (Å²) in [7, 11) is -1.47. The van der Waals surface area contributed by atoms with Gasteiger partial charge in [-0.2, -0.15) is 0 Å². The van der Waals surface area contributed by atoms with Gasteiger partial charge in [-0.25, -0.2) is 12.7 Å². The molecule has 0 radical (unpaired) electrons. The molecule has 7 nitrogen and oxygen atoms in total. The Morgan fingerprint density at radius 1 is 1.18 bits per heavy atom. The lowest BCUT2D eigenvalue weighted by Gasteiger charge is -2.16. The molecular formula is C14H32N4O3S. The zero-order valence-electron chi connectivity index (χ0n) is 14.4. The largest absolute Gasteiger partial charge is 0.382 e. The molecular weight excluding hydrogens is 304 g/mol. The minimum Gasteiger partial charge on any atom is -0.382 e. The van der Waals surface area contributed by atoms with Gasteiger partial charge in [0.2, 0.25) is 10.0 Å². The molecule has 0 aromatic carbocycles. The van der Waals surface area contributed by atoms with Crippen LogP contribution in [0.3, 0.4) is 0 Å². The number of nitrogens with one attached hydrogen (secondary N) is 2. The van der Waals surface area contributed by atoms with Crippen LogP contribution in [0.4, 0.5) is 0 Å². The molecule has 0 unspecified atom stereocenters. The van der Waals surface area contributed by atoms with Gasteiger partial charge in [-0.1, -0.05) is 0 Å². The van der Waals surface area contributed by atoms with Crippen LogP contribution in [0.15, 0.2) is 4.99 Å². The van der Waals surface area contributed by atoms with Gasteiger partial charge in [-0.3, -0.25) is 4.99 Å². The van der Waals surface area contributed by atoms with E-state index in [1.807, 2.05) is 13.8 Å². The van der Waals surface area contributed by atoms with Crippen molar-refractivity contribution in [1.29, 1.82) is 0 Å². The maximum absolute atomic E-state index is 11.6. The molecule has 0 saturated heterocycles. The Morgan fingerprint density at radius 3 is 2.50 bits per heavy atom. The van der Waals surface area contributed by atoms with Crippen molar-refractivity contribution in [2.75, 3.05) is 52.2 Å². The van der Waals surface area contributed by atoms with E-state index in [4.69, 9.17) is 4.74 Å². The Balaban J connectivity index is 4.02. The summed E-state index contributed by atoms with van der Waals surface area (Å²) in [5.74, 6) is 0.904. The van der Waals surface area contributed by atoms with Gasteiger partial charge in [0.1, 0.15) is 0 Å². The van der Waals surface area contributed by atoms with Crippen LogP contribution in [-0.4, -0.2) is 70.9 Å². The molecule has 2 N–H and O–H groups in total. The summed E-state index contributed by atoms with van der Waals surface area (Å²) in [6.07, 6.45) is 1.63. The first-order valence-corrected chi connectivity index (χ1v) is 9.62. The molecule has 0 amide bonds. The summed E-state index contributed by atoms with van der Waals surface area (Å²) >= 11 is 0. The zero-order valence-corrected chi connectivity index (χ0v) is 15.2. The number of hydrogen-bond donors (Lipinski definition) is 2. The van der Waals surface area contributed by atoms with Gasteiger partial charge in [-0.05, 0) is 33.6 Å². The number of rotatable bonds is 12. The summed E-state index contributed by atoms with van der Waals surface area (Å²) in [5.41, 5.74) is 0. The van der Waals surface area contributed by atoms with E-state index in [1.165, 1.54) is 4.31 Å². The van der Waals surface area contributed by atoms with E-state index < -0.39 is 10.0 Å². The molecule has 0 aliphatic rings. The SMILES string of the molecule is CCNC(=NCCCOCC)NCCCN(C)S(=O)(=O)CC. The standard InChI is InChI=1S/C14H32N4O3S/c1-5-15-14(17-11-9-13-21-6-2)16-10-8-12-18(4)22(19,20)7-3/h5-13H2,1-4H3,(H2,15,16,17). The Labute approximate surface area is 135 Å². The van der Waals surface area contributed by atoms with Gasteiger partial charge in [0.15, 0.2) is 5.96 Å². The van der Waals surface area contributed by atoms with Crippen LogP contribution < -0.4 is 10.6 Å². The maximum atomic E-state index is 11.6. The van der Waals surface area contributed by atoms with E-state index in [0.717, 1.165) is 38.6 Å². The Bertz CT molecular complexity index is 399. The van der Waals surface area contributed by atoms with Gasteiger partial charge in [-0.15, -0.1) is 0 Å². The van der Waals surface area contributed by atoms with Crippen LogP contribution >= 0.6 is 0 Å². The van der Waals surface area contributed by atoms with E-state index in [2.05, 4.69) is 15.6 Å². The number of hydrogen-bond acceptors (Lipinski definition) is 4. The maximum Gasteiger partial charge on any atom is 0.213 e. The summed E-state index contributed by atoms with van der Waals surface area (Å²) in [5, 5.41) is 6.38. The number of ether oxygens (including phenoxy) is 1. The summed E-state index contributed by atoms with van der Waals surface area (Å²) < 4.78 is 29.9. The number of aliphatic imine (C=N–C) groups is 1. The molecule has 0 rings (SSSR count). The van der Waals surface area contributed by atoms with Gasteiger partial charge in [0, 0.05) is 46.4 Å². The van der Waals surface area contributed by atoms with Gasteiger partial charge < -0.3 is 15.4 Å². The van der Waals surface area contributed by atoms with Crippen molar-refractivity contribution in [3.05, 3.63) is 0 Å². The second-order valence-corrected chi connectivity index (χ2v) is 7.18. The first-order chi connectivity index (χ1) is 10.5. The molecule has 0 aliphatic carbocycles. The van der Waals surface area contributed by atoms with Crippen LogP contribution in [0.1, 0.15) is 33.6 Å². The smallest absolute Gasteiger partial charge is 0.213 e. The first-order valence-electron chi connectivity index (χ1n) is 8.01. The van der Waals surface area contributed by atoms with Gasteiger partial charge in [0.05, 0.1) is 5.75 Å². The minimum absolute atomic E-state index is 0.140. The van der Waals surface area contributed by atoms with Crippen LogP contribution in [0, 0.1) is 0 Å². The third-order valence-corrected chi connectivity index (χ3v) is 4.91. The van der Waals surface area contributed by atoms with E-state index in [0.29, 0.717) is 19.6 Å². The second kappa shape index (κ2) is 12.7. The molecule has 0 fully saturated rings. The molecule has 0 aromatic heterocycles. The fourth-order valence-electron chi connectivity index (χ4n) is 1.71. The second-order valence-electron chi connectivity index (χ2n) is 4.81. The number of nitrogens with zero attached hydrogens (tertiary/aromatic N) is 2. The predicted octanol–water partition coefficient (Wildman–Crippen LogP) is 0.640. The zero-order chi connectivity index (χ0) is 16.8. The Kier molecular flexibility index (Phi) is 12.2. The highest BCUT2D eigenvalue weighted by Gasteiger charge is 2.13. The quantitative estimate of drug-likeness (QED) is 0.310. The number of sulfonamides is 1. The van der Waals surface area contributed by atoms with E-state index >= 15 is 0 Å². The highest BCUT2D eigenvalue weighted by atomic mass is 32.2. The molecule has 0 heterocycles. The topological polar surface area (TPSA) is 83.0 Å². The average Bonchev–Trinajstić information content (AvgIpc) is 2.50. The minimum atomic E-state index is -3.09. The van der Waals surface area contributed by atoms with Gasteiger partial charge >= 0.3 is 0 Å². The highest BCUT2D eigenvalue weighted by molar-refractivity contribution is 7.89. The van der Waals surface area contributed by atoms with Crippen LogP contribution in [-0.2, 0) is 14.8 Å². The summed E-state index contributed by atoms with van der Waals surface area (Å²) in [6, 6.07) is 0. The van der Waals surface area contributed by atoms with Gasteiger partial charge in [0.25, 0.3) is 0 Å². The van der Waals surface area contributed by atoms with Crippen molar-refractivity contribution in [2.45, 2.75) is 33.6 Å². The molecule has 132 valence electrons. The molecule has 0 bridgehead atoms. The molecule has 0 aliphatic heterocycles. The molecule has 22 heavy (non-hydrogen) atoms. The average molecular weight is 337 g/mol. The number of guanidine groups is 1. The first kappa shape index (κ1) is 21.1. The Morgan fingerprint density at radius 2 is 1.91 bits per heavy atom.